The second kappa shape index (κ2) is 6.26. The van der Waals surface area contributed by atoms with Crippen LogP contribution in [0.25, 0.3) is 21.6 Å². The van der Waals surface area contributed by atoms with E-state index in [4.69, 9.17) is 4.74 Å². The zero-order valence-electron chi connectivity index (χ0n) is 15.3. The first-order valence-electron chi connectivity index (χ1n) is 9.40. The molecule has 5 rings (SSSR count). The molecule has 0 spiro atoms. The van der Waals surface area contributed by atoms with Gasteiger partial charge in [0.15, 0.2) is 0 Å². The summed E-state index contributed by atoms with van der Waals surface area (Å²) in [6.45, 7) is 0.973. The Kier molecular flexibility index (Phi) is 3.87. The van der Waals surface area contributed by atoms with Crippen LogP contribution in [0.15, 0.2) is 42.5 Å². The highest BCUT2D eigenvalue weighted by molar-refractivity contribution is 7.16. The fourth-order valence-electron chi connectivity index (χ4n) is 4.15. The molecule has 0 N–H and O–H groups in total. The molecule has 1 aliphatic carbocycles. The molecule has 0 radical (unpaired) electrons. The van der Waals surface area contributed by atoms with Gasteiger partial charge in [0, 0.05) is 33.0 Å². The maximum atomic E-state index is 6.43. The van der Waals surface area contributed by atoms with Crippen LogP contribution in [0.3, 0.4) is 0 Å². The summed E-state index contributed by atoms with van der Waals surface area (Å²) in [4.78, 5) is 5.00. The highest BCUT2D eigenvalue weighted by Gasteiger charge is 2.25. The van der Waals surface area contributed by atoms with Gasteiger partial charge in [-0.05, 0) is 75.2 Å². The van der Waals surface area contributed by atoms with Crippen molar-refractivity contribution < 1.29 is 4.74 Å². The predicted molar refractivity (Wildman–Crippen MR) is 109 cm³/mol. The number of aryl methyl sites for hydroxylation is 2. The Morgan fingerprint density at radius 2 is 1.65 bits per heavy atom. The van der Waals surface area contributed by atoms with Crippen LogP contribution >= 0.6 is 11.3 Å². The number of ether oxygens (including phenoxy) is 1. The minimum absolute atomic E-state index is 0.970. The van der Waals surface area contributed by atoms with Crippen LogP contribution in [0.1, 0.15) is 28.8 Å². The average Bonchev–Trinajstić information content (AvgIpc) is 2.99. The van der Waals surface area contributed by atoms with Crippen molar-refractivity contribution >= 4 is 11.3 Å². The van der Waals surface area contributed by atoms with Crippen molar-refractivity contribution in [2.45, 2.75) is 32.2 Å². The summed E-state index contributed by atoms with van der Waals surface area (Å²) < 4.78 is 6.43. The molecule has 2 nitrogen and oxygen atoms in total. The molecule has 3 heteroatoms. The van der Waals surface area contributed by atoms with E-state index in [1.807, 2.05) is 11.3 Å². The van der Waals surface area contributed by atoms with Crippen LogP contribution in [-0.4, -0.2) is 19.0 Å². The first-order valence-corrected chi connectivity index (χ1v) is 10.2. The maximum Gasteiger partial charge on any atom is 0.136 e. The largest absolute Gasteiger partial charge is 0.456 e. The van der Waals surface area contributed by atoms with Gasteiger partial charge in [-0.25, -0.2) is 0 Å². The number of nitrogens with zero attached hydrogens (tertiary/aromatic N) is 1. The van der Waals surface area contributed by atoms with Crippen LogP contribution in [0.2, 0.25) is 0 Å². The Bertz CT molecular complexity index is 986. The van der Waals surface area contributed by atoms with E-state index in [2.05, 4.69) is 61.5 Å². The summed E-state index contributed by atoms with van der Waals surface area (Å²) in [7, 11) is 4.26. The Morgan fingerprint density at radius 3 is 2.46 bits per heavy atom. The van der Waals surface area contributed by atoms with Gasteiger partial charge in [-0.3, -0.25) is 0 Å². The summed E-state index contributed by atoms with van der Waals surface area (Å²) in [6.07, 6.45) is 4.97. The summed E-state index contributed by atoms with van der Waals surface area (Å²) in [5.41, 5.74) is 6.78. The molecule has 0 amide bonds. The topological polar surface area (TPSA) is 12.5 Å². The monoisotopic (exact) mass is 361 g/mol. The lowest BCUT2D eigenvalue weighted by molar-refractivity contribution is 0.406. The molecule has 2 aliphatic rings. The van der Waals surface area contributed by atoms with E-state index in [1.165, 1.54) is 63.3 Å². The number of rotatable bonds is 2. The van der Waals surface area contributed by atoms with Crippen LogP contribution in [0, 0.1) is 0 Å². The van der Waals surface area contributed by atoms with E-state index in [0.717, 1.165) is 18.0 Å². The molecular weight excluding hydrogens is 338 g/mol. The third-order valence-corrected chi connectivity index (χ3v) is 6.49. The standard InChI is InChI=1S/C23H23NOS/c1-24(2)14-17-13-19-18-9-5-6-10-21(18)25-22-12-16-8-4-3-7-15(16)11-20(22)23(19)26-17/h5-6,9-13H,3-4,7-8,14H2,1-2H3. The molecule has 2 aromatic carbocycles. The lowest BCUT2D eigenvalue weighted by atomic mass is 9.89. The van der Waals surface area contributed by atoms with Gasteiger partial charge in [-0.2, -0.15) is 0 Å². The Morgan fingerprint density at radius 1 is 0.885 bits per heavy atom. The van der Waals surface area contributed by atoms with Crippen molar-refractivity contribution in [3.05, 3.63) is 58.5 Å². The smallest absolute Gasteiger partial charge is 0.136 e. The predicted octanol–water partition coefficient (Wildman–Crippen LogP) is 6.13. The van der Waals surface area contributed by atoms with E-state index < -0.39 is 0 Å². The second-order valence-corrected chi connectivity index (χ2v) is 8.75. The Labute approximate surface area is 159 Å². The number of hydrogen-bond donors (Lipinski definition) is 0. The van der Waals surface area contributed by atoms with E-state index in [9.17, 15) is 0 Å². The van der Waals surface area contributed by atoms with Crippen molar-refractivity contribution in [3.8, 4) is 33.1 Å². The minimum atomic E-state index is 0.970. The maximum absolute atomic E-state index is 6.43. The van der Waals surface area contributed by atoms with Gasteiger partial charge in [-0.15, -0.1) is 11.3 Å². The zero-order valence-corrected chi connectivity index (χ0v) is 16.2. The van der Waals surface area contributed by atoms with Gasteiger partial charge in [0.05, 0.1) is 0 Å². The van der Waals surface area contributed by atoms with Crippen molar-refractivity contribution in [2.24, 2.45) is 0 Å². The number of hydrogen-bond acceptors (Lipinski definition) is 3. The van der Waals surface area contributed by atoms with Gasteiger partial charge in [-0.1, -0.05) is 18.2 Å². The summed E-state index contributed by atoms with van der Waals surface area (Å²) in [5.74, 6) is 1.99. The normalized spacial score (nSPS) is 14.7. The van der Waals surface area contributed by atoms with E-state index in [-0.39, 0.29) is 0 Å². The molecule has 0 saturated carbocycles. The molecule has 26 heavy (non-hydrogen) atoms. The lowest BCUT2D eigenvalue weighted by Crippen LogP contribution is -2.09. The molecule has 0 saturated heterocycles. The molecule has 0 bridgehead atoms. The van der Waals surface area contributed by atoms with Crippen LogP contribution < -0.4 is 4.74 Å². The third-order valence-electron chi connectivity index (χ3n) is 5.34. The fourth-order valence-corrected chi connectivity index (χ4v) is 5.46. The van der Waals surface area contributed by atoms with Crippen LogP contribution in [0.4, 0.5) is 0 Å². The highest BCUT2D eigenvalue weighted by atomic mass is 32.1. The molecule has 3 aromatic rings. The Balaban J connectivity index is 1.75. The second-order valence-electron chi connectivity index (χ2n) is 7.62. The van der Waals surface area contributed by atoms with Crippen molar-refractivity contribution in [3.63, 3.8) is 0 Å². The summed E-state index contributed by atoms with van der Waals surface area (Å²) >= 11 is 1.91. The molecule has 132 valence electrons. The number of para-hydroxylation sites is 1. The molecule has 1 aromatic heterocycles. The SMILES string of the molecule is CN(C)Cc1cc2c(s1)-c1cc3c(cc1Oc1ccccc1-2)CCCC3. The number of benzene rings is 2. The van der Waals surface area contributed by atoms with Crippen LogP contribution in [0.5, 0.6) is 11.5 Å². The Hall–Kier alpha value is -2.10. The molecule has 0 fully saturated rings. The van der Waals surface area contributed by atoms with Crippen molar-refractivity contribution in [1.82, 2.24) is 4.90 Å². The van der Waals surface area contributed by atoms with Gasteiger partial charge in [0.1, 0.15) is 11.5 Å². The number of thiophene rings is 1. The summed E-state index contributed by atoms with van der Waals surface area (Å²) in [5, 5.41) is 0. The summed E-state index contributed by atoms with van der Waals surface area (Å²) in [6, 6.07) is 15.5. The van der Waals surface area contributed by atoms with Gasteiger partial charge < -0.3 is 9.64 Å². The van der Waals surface area contributed by atoms with E-state index in [1.54, 1.807) is 0 Å². The lowest BCUT2D eigenvalue weighted by Gasteiger charge is -2.19. The molecule has 0 atom stereocenters. The fraction of sp³-hybridized carbons (Fsp3) is 0.304. The van der Waals surface area contributed by atoms with Crippen molar-refractivity contribution in [2.75, 3.05) is 14.1 Å². The van der Waals surface area contributed by atoms with Gasteiger partial charge in [0.25, 0.3) is 0 Å². The number of fused-ring (bicyclic) bond motifs is 6. The van der Waals surface area contributed by atoms with Gasteiger partial charge >= 0.3 is 0 Å². The zero-order chi connectivity index (χ0) is 17.7. The quantitative estimate of drug-likeness (QED) is 0.426. The molecule has 1 aliphatic heterocycles. The van der Waals surface area contributed by atoms with Crippen LogP contribution in [-0.2, 0) is 19.4 Å². The minimum Gasteiger partial charge on any atom is -0.456 e. The van der Waals surface area contributed by atoms with E-state index in [0.29, 0.717) is 0 Å². The molecule has 2 heterocycles. The average molecular weight is 362 g/mol. The van der Waals surface area contributed by atoms with E-state index >= 15 is 0 Å². The highest BCUT2D eigenvalue weighted by Crippen LogP contribution is 2.51. The van der Waals surface area contributed by atoms with Crippen molar-refractivity contribution in [1.29, 1.82) is 0 Å². The van der Waals surface area contributed by atoms with Gasteiger partial charge in [0.2, 0.25) is 0 Å². The molecular formula is C23H23NOS. The third kappa shape index (κ3) is 2.67. The molecule has 0 unspecified atom stereocenters. The first kappa shape index (κ1) is 16.1. The first-order chi connectivity index (χ1) is 12.7.